The Bertz CT molecular complexity index is 381. The Balaban J connectivity index is 2.14. The Labute approximate surface area is 122 Å². The van der Waals surface area contributed by atoms with Crippen LogP contribution in [0, 0.1) is 0 Å². The van der Waals surface area contributed by atoms with Gasteiger partial charge in [0.25, 0.3) is 0 Å². The van der Waals surface area contributed by atoms with Gasteiger partial charge >= 0.3 is 5.97 Å². The lowest BCUT2D eigenvalue weighted by Gasteiger charge is -2.16. The number of carbonyl (C=O) groups is 1. The van der Waals surface area contributed by atoms with Gasteiger partial charge in [0.1, 0.15) is 12.4 Å². The average molecular weight is 330 g/mol. The van der Waals surface area contributed by atoms with E-state index >= 15 is 0 Å². The second-order valence-electron chi connectivity index (χ2n) is 4.16. The number of esters is 1. The van der Waals surface area contributed by atoms with Crippen molar-refractivity contribution in [1.82, 2.24) is 4.90 Å². The molecule has 0 saturated carbocycles. The van der Waals surface area contributed by atoms with E-state index in [-0.39, 0.29) is 5.97 Å². The normalized spacial score (nSPS) is 10.5. The number of benzene rings is 1. The second-order valence-corrected chi connectivity index (χ2v) is 5.08. The number of rotatable bonds is 8. The number of halogens is 1. The lowest BCUT2D eigenvalue weighted by atomic mass is 10.3. The lowest BCUT2D eigenvalue weighted by molar-refractivity contribution is -0.143. The van der Waals surface area contributed by atoms with E-state index in [1.165, 1.54) is 0 Å². The maximum atomic E-state index is 11.2. The highest BCUT2D eigenvalue weighted by atomic mass is 79.9. The largest absolute Gasteiger partial charge is 0.492 e. The van der Waals surface area contributed by atoms with Crippen molar-refractivity contribution in [3.63, 3.8) is 0 Å². The molecule has 0 atom stereocenters. The van der Waals surface area contributed by atoms with Crippen molar-refractivity contribution in [2.45, 2.75) is 13.3 Å². The van der Waals surface area contributed by atoms with E-state index in [1.54, 1.807) is 0 Å². The number of carbonyl (C=O) groups excluding carboxylic acids is 1. The summed E-state index contributed by atoms with van der Waals surface area (Å²) in [5.41, 5.74) is 0. The second kappa shape index (κ2) is 8.93. The molecule has 0 spiro atoms. The van der Waals surface area contributed by atoms with Crippen LogP contribution < -0.4 is 4.74 Å². The maximum absolute atomic E-state index is 11.2. The fourth-order valence-corrected chi connectivity index (χ4v) is 1.74. The van der Waals surface area contributed by atoms with Crippen LogP contribution in [0.15, 0.2) is 28.7 Å². The molecule has 0 N–H and O–H groups in total. The molecular weight excluding hydrogens is 310 g/mol. The van der Waals surface area contributed by atoms with Crippen LogP contribution in [0.5, 0.6) is 5.75 Å². The van der Waals surface area contributed by atoms with Gasteiger partial charge in [0.05, 0.1) is 13.0 Å². The third-order valence-electron chi connectivity index (χ3n) is 2.56. The quantitative estimate of drug-likeness (QED) is 0.687. The summed E-state index contributed by atoms with van der Waals surface area (Å²) in [4.78, 5) is 13.2. The van der Waals surface area contributed by atoms with Gasteiger partial charge in [-0.2, -0.15) is 0 Å². The molecule has 0 radical (unpaired) electrons. The SMILES string of the molecule is CCOC(=O)CCN(C)CCOc1ccc(Br)cc1. The first-order valence-electron chi connectivity index (χ1n) is 6.34. The van der Waals surface area contributed by atoms with E-state index in [1.807, 2.05) is 38.2 Å². The van der Waals surface area contributed by atoms with Gasteiger partial charge in [0.15, 0.2) is 0 Å². The molecule has 0 fully saturated rings. The van der Waals surface area contributed by atoms with Gasteiger partial charge in [-0.3, -0.25) is 4.79 Å². The zero-order valence-corrected chi connectivity index (χ0v) is 13.0. The highest BCUT2D eigenvalue weighted by Crippen LogP contribution is 2.15. The van der Waals surface area contributed by atoms with E-state index < -0.39 is 0 Å². The summed E-state index contributed by atoms with van der Waals surface area (Å²) in [6.45, 7) is 4.31. The van der Waals surface area contributed by atoms with Gasteiger partial charge in [0.2, 0.25) is 0 Å². The van der Waals surface area contributed by atoms with Gasteiger partial charge in [0, 0.05) is 17.6 Å². The minimum Gasteiger partial charge on any atom is -0.492 e. The third-order valence-corrected chi connectivity index (χ3v) is 3.09. The summed E-state index contributed by atoms with van der Waals surface area (Å²) in [5, 5.41) is 0. The van der Waals surface area contributed by atoms with Gasteiger partial charge < -0.3 is 14.4 Å². The lowest BCUT2D eigenvalue weighted by Crippen LogP contribution is -2.27. The van der Waals surface area contributed by atoms with Crippen molar-refractivity contribution in [3.8, 4) is 5.75 Å². The Morgan fingerprint density at radius 1 is 1.26 bits per heavy atom. The molecule has 1 aromatic rings. The predicted molar refractivity (Wildman–Crippen MR) is 78.4 cm³/mol. The summed E-state index contributed by atoms with van der Waals surface area (Å²) >= 11 is 3.38. The van der Waals surface area contributed by atoms with Gasteiger partial charge in [-0.05, 0) is 38.2 Å². The molecule has 1 rings (SSSR count). The molecule has 5 heteroatoms. The van der Waals surface area contributed by atoms with E-state index in [0.29, 0.717) is 26.2 Å². The zero-order chi connectivity index (χ0) is 14.1. The van der Waals surface area contributed by atoms with Crippen molar-refractivity contribution in [3.05, 3.63) is 28.7 Å². The molecule has 0 aliphatic carbocycles. The molecule has 4 nitrogen and oxygen atoms in total. The van der Waals surface area contributed by atoms with Crippen molar-refractivity contribution in [2.75, 3.05) is 33.4 Å². The summed E-state index contributed by atoms with van der Waals surface area (Å²) in [5.74, 6) is 0.699. The summed E-state index contributed by atoms with van der Waals surface area (Å²) in [6.07, 6.45) is 0.419. The first-order valence-corrected chi connectivity index (χ1v) is 7.13. The molecule has 19 heavy (non-hydrogen) atoms. The van der Waals surface area contributed by atoms with Gasteiger partial charge in [-0.25, -0.2) is 0 Å². The van der Waals surface area contributed by atoms with Crippen LogP contribution in [-0.4, -0.2) is 44.2 Å². The molecule has 0 bridgehead atoms. The molecule has 0 saturated heterocycles. The molecule has 0 heterocycles. The van der Waals surface area contributed by atoms with Crippen LogP contribution >= 0.6 is 15.9 Å². The topological polar surface area (TPSA) is 38.8 Å². The van der Waals surface area contributed by atoms with Crippen molar-refractivity contribution in [2.24, 2.45) is 0 Å². The summed E-state index contributed by atoms with van der Waals surface area (Å²) < 4.78 is 11.5. The fourth-order valence-electron chi connectivity index (χ4n) is 1.48. The highest BCUT2D eigenvalue weighted by molar-refractivity contribution is 9.10. The Morgan fingerprint density at radius 3 is 2.58 bits per heavy atom. The molecular formula is C14H20BrNO3. The van der Waals surface area contributed by atoms with Crippen LogP contribution in [-0.2, 0) is 9.53 Å². The van der Waals surface area contributed by atoms with E-state index in [4.69, 9.17) is 9.47 Å². The first kappa shape index (κ1) is 16.0. The molecule has 1 aromatic carbocycles. The maximum Gasteiger partial charge on any atom is 0.307 e. The van der Waals surface area contributed by atoms with E-state index in [9.17, 15) is 4.79 Å². The van der Waals surface area contributed by atoms with E-state index in [0.717, 1.165) is 16.8 Å². The van der Waals surface area contributed by atoms with E-state index in [2.05, 4.69) is 20.8 Å². The molecule has 0 aromatic heterocycles. The number of hydrogen-bond acceptors (Lipinski definition) is 4. The van der Waals surface area contributed by atoms with Crippen LogP contribution in [0.25, 0.3) is 0 Å². The zero-order valence-electron chi connectivity index (χ0n) is 11.4. The molecule has 0 unspecified atom stereocenters. The average Bonchev–Trinajstić information content (AvgIpc) is 2.39. The number of nitrogens with zero attached hydrogens (tertiary/aromatic N) is 1. The predicted octanol–water partition coefficient (Wildman–Crippen LogP) is 2.71. The summed E-state index contributed by atoms with van der Waals surface area (Å²) in [7, 11) is 1.96. The van der Waals surface area contributed by atoms with Gasteiger partial charge in [-0.15, -0.1) is 0 Å². The number of ether oxygens (including phenoxy) is 2. The van der Waals surface area contributed by atoms with Crippen LogP contribution in [0.1, 0.15) is 13.3 Å². The minimum atomic E-state index is -0.150. The minimum absolute atomic E-state index is 0.150. The van der Waals surface area contributed by atoms with Crippen molar-refractivity contribution < 1.29 is 14.3 Å². The fraction of sp³-hybridized carbons (Fsp3) is 0.500. The van der Waals surface area contributed by atoms with Crippen LogP contribution in [0.3, 0.4) is 0 Å². The standard InChI is InChI=1S/C14H20BrNO3/c1-3-18-14(17)8-9-16(2)10-11-19-13-6-4-12(15)5-7-13/h4-7H,3,8-11H2,1-2H3. The number of likely N-dealkylation sites (N-methyl/N-ethyl adjacent to an activating group) is 1. The monoisotopic (exact) mass is 329 g/mol. The van der Waals surface area contributed by atoms with Crippen molar-refractivity contribution >= 4 is 21.9 Å². The van der Waals surface area contributed by atoms with Crippen molar-refractivity contribution in [1.29, 1.82) is 0 Å². The van der Waals surface area contributed by atoms with Crippen LogP contribution in [0.4, 0.5) is 0 Å². The Hall–Kier alpha value is -1.07. The highest BCUT2D eigenvalue weighted by Gasteiger charge is 2.05. The molecule has 0 aliphatic rings. The third kappa shape index (κ3) is 7.18. The first-order chi connectivity index (χ1) is 9.11. The van der Waals surface area contributed by atoms with Gasteiger partial charge in [-0.1, -0.05) is 15.9 Å². The molecule has 0 amide bonds. The number of hydrogen-bond donors (Lipinski definition) is 0. The Morgan fingerprint density at radius 2 is 1.95 bits per heavy atom. The molecule has 0 aliphatic heterocycles. The molecule has 106 valence electrons. The van der Waals surface area contributed by atoms with Crippen LogP contribution in [0.2, 0.25) is 0 Å². The summed E-state index contributed by atoms with van der Waals surface area (Å²) in [6, 6.07) is 7.73. The Kier molecular flexibility index (Phi) is 7.52. The smallest absolute Gasteiger partial charge is 0.307 e.